The summed E-state index contributed by atoms with van der Waals surface area (Å²) in [6.07, 6.45) is 0. The molecule has 1 unspecified atom stereocenters. The highest BCUT2D eigenvalue weighted by atomic mass is 16.5. The summed E-state index contributed by atoms with van der Waals surface area (Å²) >= 11 is 0. The molecule has 3 nitrogen and oxygen atoms in total. The standard InChI is InChI=1S/C10H14O3/c1-6(8(3)12-4)9-5-13-10(11)7(9)2/h7H,3,5H2,1-2,4H3/b9-6-. The van der Waals surface area contributed by atoms with Crippen molar-refractivity contribution >= 4 is 5.97 Å². The Balaban J connectivity index is 2.92. The third-order valence-electron chi connectivity index (χ3n) is 2.39. The average Bonchev–Trinajstić information content (AvgIpc) is 2.45. The molecule has 1 saturated heterocycles. The summed E-state index contributed by atoms with van der Waals surface area (Å²) in [5, 5.41) is 0. The van der Waals surface area contributed by atoms with Crippen molar-refractivity contribution in [1.82, 2.24) is 0 Å². The zero-order chi connectivity index (χ0) is 10.0. The number of allylic oxidation sites excluding steroid dienone is 1. The number of methoxy groups -OCH3 is 1. The smallest absolute Gasteiger partial charge is 0.313 e. The number of rotatable bonds is 2. The molecule has 0 N–H and O–H groups in total. The van der Waals surface area contributed by atoms with Gasteiger partial charge in [0.15, 0.2) is 0 Å². The highest BCUT2D eigenvalue weighted by molar-refractivity contribution is 5.79. The van der Waals surface area contributed by atoms with Crippen LogP contribution in [0.1, 0.15) is 13.8 Å². The first-order valence-corrected chi connectivity index (χ1v) is 4.17. The van der Waals surface area contributed by atoms with Gasteiger partial charge in [0.2, 0.25) is 0 Å². The summed E-state index contributed by atoms with van der Waals surface area (Å²) in [4.78, 5) is 11.1. The minimum Gasteiger partial charge on any atom is -0.497 e. The van der Waals surface area contributed by atoms with E-state index < -0.39 is 0 Å². The molecule has 72 valence electrons. The first-order chi connectivity index (χ1) is 6.07. The average molecular weight is 182 g/mol. The van der Waals surface area contributed by atoms with Crippen molar-refractivity contribution in [2.24, 2.45) is 5.92 Å². The molecule has 1 rings (SSSR count). The molecule has 1 fully saturated rings. The molecule has 0 radical (unpaired) electrons. The molecular formula is C10H14O3. The molecule has 1 aliphatic heterocycles. The number of esters is 1. The Hall–Kier alpha value is -1.25. The van der Waals surface area contributed by atoms with Gasteiger partial charge in [0.05, 0.1) is 13.0 Å². The fourth-order valence-electron chi connectivity index (χ4n) is 1.31. The number of ether oxygens (including phenoxy) is 2. The third-order valence-corrected chi connectivity index (χ3v) is 2.39. The van der Waals surface area contributed by atoms with E-state index in [0.717, 1.165) is 11.1 Å². The lowest BCUT2D eigenvalue weighted by Crippen LogP contribution is -2.05. The maximum atomic E-state index is 11.1. The van der Waals surface area contributed by atoms with E-state index >= 15 is 0 Å². The highest BCUT2D eigenvalue weighted by Gasteiger charge is 2.29. The van der Waals surface area contributed by atoms with Gasteiger partial charge in [0.25, 0.3) is 0 Å². The van der Waals surface area contributed by atoms with Crippen LogP contribution >= 0.6 is 0 Å². The van der Waals surface area contributed by atoms with Crippen molar-refractivity contribution < 1.29 is 14.3 Å². The largest absolute Gasteiger partial charge is 0.497 e. The van der Waals surface area contributed by atoms with E-state index in [9.17, 15) is 4.79 Å². The first kappa shape index (κ1) is 9.84. The van der Waals surface area contributed by atoms with Gasteiger partial charge in [-0.25, -0.2) is 0 Å². The minimum atomic E-state index is -0.168. The maximum Gasteiger partial charge on any atom is 0.313 e. The lowest BCUT2D eigenvalue weighted by Gasteiger charge is -2.08. The quantitative estimate of drug-likeness (QED) is 0.481. The van der Waals surface area contributed by atoms with Crippen LogP contribution in [-0.2, 0) is 14.3 Å². The van der Waals surface area contributed by atoms with Crippen LogP contribution in [-0.4, -0.2) is 19.7 Å². The normalized spacial score (nSPS) is 25.5. The van der Waals surface area contributed by atoms with E-state index in [4.69, 9.17) is 9.47 Å². The molecule has 1 atom stereocenters. The van der Waals surface area contributed by atoms with Gasteiger partial charge < -0.3 is 9.47 Å². The molecule has 0 aliphatic carbocycles. The van der Waals surface area contributed by atoms with E-state index in [1.54, 1.807) is 7.11 Å². The van der Waals surface area contributed by atoms with Crippen LogP contribution < -0.4 is 0 Å². The van der Waals surface area contributed by atoms with Crippen LogP contribution in [0.25, 0.3) is 0 Å². The van der Waals surface area contributed by atoms with E-state index in [1.165, 1.54) is 0 Å². The summed E-state index contributed by atoms with van der Waals surface area (Å²) in [6.45, 7) is 7.82. The van der Waals surface area contributed by atoms with Crippen LogP contribution in [0.4, 0.5) is 0 Å². The molecule has 3 heteroatoms. The Morgan fingerprint density at radius 3 is 2.69 bits per heavy atom. The second kappa shape index (κ2) is 3.64. The van der Waals surface area contributed by atoms with Crippen molar-refractivity contribution in [2.75, 3.05) is 13.7 Å². The van der Waals surface area contributed by atoms with Crippen LogP contribution in [0.5, 0.6) is 0 Å². The molecule has 0 aromatic carbocycles. The summed E-state index contributed by atoms with van der Waals surface area (Å²) in [7, 11) is 1.56. The van der Waals surface area contributed by atoms with Gasteiger partial charge >= 0.3 is 5.97 Å². The third kappa shape index (κ3) is 1.74. The fourth-order valence-corrected chi connectivity index (χ4v) is 1.31. The summed E-state index contributed by atoms with van der Waals surface area (Å²) < 4.78 is 9.89. The van der Waals surface area contributed by atoms with E-state index in [0.29, 0.717) is 12.4 Å². The van der Waals surface area contributed by atoms with Gasteiger partial charge in [0, 0.05) is 0 Å². The zero-order valence-corrected chi connectivity index (χ0v) is 8.22. The van der Waals surface area contributed by atoms with Crippen LogP contribution in [0, 0.1) is 5.92 Å². The first-order valence-electron chi connectivity index (χ1n) is 4.17. The van der Waals surface area contributed by atoms with Crippen molar-refractivity contribution in [1.29, 1.82) is 0 Å². The lowest BCUT2D eigenvalue weighted by atomic mass is 9.99. The summed E-state index contributed by atoms with van der Waals surface area (Å²) in [5.74, 6) is 0.269. The second-order valence-corrected chi connectivity index (χ2v) is 3.11. The Labute approximate surface area is 78.0 Å². The monoisotopic (exact) mass is 182 g/mol. The van der Waals surface area contributed by atoms with E-state index in [2.05, 4.69) is 6.58 Å². The Kier molecular flexibility index (Phi) is 2.76. The molecular weight excluding hydrogens is 168 g/mol. The molecule has 0 spiro atoms. The summed E-state index contributed by atoms with van der Waals surface area (Å²) in [5.41, 5.74) is 1.89. The van der Waals surface area contributed by atoms with E-state index in [-0.39, 0.29) is 11.9 Å². The molecule has 0 aromatic rings. The predicted octanol–water partition coefficient (Wildman–Crippen LogP) is 1.66. The second-order valence-electron chi connectivity index (χ2n) is 3.11. The summed E-state index contributed by atoms with van der Waals surface area (Å²) in [6, 6.07) is 0. The molecule has 0 amide bonds. The number of hydrogen-bond donors (Lipinski definition) is 0. The van der Waals surface area contributed by atoms with Gasteiger partial charge in [-0.15, -0.1) is 0 Å². The Morgan fingerprint density at radius 2 is 2.31 bits per heavy atom. The topological polar surface area (TPSA) is 35.5 Å². The van der Waals surface area contributed by atoms with Crippen LogP contribution in [0.3, 0.4) is 0 Å². The van der Waals surface area contributed by atoms with Gasteiger partial charge in [0.1, 0.15) is 12.4 Å². The molecule has 1 aliphatic rings. The fraction of sp³-hybridized carbons (Fsp3) is 0.500. The number of carbonyl (C=O) groups excluding carboxylic acids is 1. The number of carbonyl (C=O) groups is 1. The minimum absolute atomic E-state index is 0.160. The molecule has 13 heavy (non-hydrogen) atoms. The zero-order valence-electron chi connectivity index (χ0n) is 8.22. The van der Waals surface area contributed by atoms with Gasteiger partial charge in [-0.3, -0.25) is 4.79 Å². The van der Waals surface area contributed by atoms with Gasteiger partial charge in [-0.1, -0.05) is 6.58 Å². The lowest BCUT2D eigenvalue weighted by molar-refractivity contribution is -0.140. The molecule has 0 saturated carbocycles. The predicted molar refractivity (Wildman–Crippen MR) is 49.0 cm³/mol. The molecule has 1 heterocycles. The van der Waals surface area contributed by atoms with Crippen LogP contribution in [0.15, 0.2) is 23.5 Å². The maximum absolute atomic E-state index is 11.1. The molecule has 0 bridgehead atoms. The van der Waals surface area contributed by atoms with Crippen molar-refractivity contribution in [3.63, 3.8) is 0 Å². The Morgan fingerprint density at radius 1 is 1.69 bits per heavy atom. The van der Waals surface area contributed by atoms with Crippen molar-refractivity contribution in [2.45, 2.75) is 13.8 Å². The SMILES string of the molecule is C=C(OC)/C(C)=C1/COC(=O)C1C. The highest BCUT2D eigenvalue weighted by Crippen LogP contribution is 2.26. The van der Waals surface area contributed by atoms with Crippen molar-refractivity contribution in [3.05, 3.63) is 23.5 Å². The number of hydrogen-bond acceptors (Lipinski definition) is 3. The van der Waals surface area contributed by atoms with Crippen LogP contribution in [0.2, 0.25) is 0 Å². The van der Waals surface area contributed by atoms with Gasteiger partial charge in [-0.05, 0) is 25.0 Å². The van der Waals surface area contributed by atoms with Crippen molar-refractivity contribution in [3.8, 4) is 0 Å². The number of cyclic esters (lactones) is 1. The van der Waals surface area contributed by atoms with Gasteiger partial charge in [-0.2, -0.15) is 0 Å². The van der Waals surface area contributed by atoms with E-state index in [1.807, 2.05) is 13.8 Å². The molecule has 0 aromatic heterocycles. The Bertz CT molecular complexity index is 276.